The van der Waals surface area contributed by atoms with E-state index < -0.39 is 12.1 Å². The minimum atomic E-state index is -2.00. The van der Waals surface area contributed by atoms with Gasteiger partial charge in [-0.15, -0.1) is 0 Å². The average molecular weight is 144 g/mol. The molecule has 1 aromatic rings. The Morgan fingerprint density at radius 3 is 3.00 bits per heavy atom. The predicted octanol–water partition coefficient (Wildman–Crippen LogP) is 0.505. The van der Waals surface area contributed by atoms with Crippen LogP contribution in [0.25, 0.3) is 0 Å². The van der Waals surface area contributed by atoms with E-state index in [9.17, 15) is 9.18 Å². The van der Waals surface area contributed by atoms with Gasteiger partial charge in [-0.1, -0.05) is 0 Å². The second-order valence-electron chi connectivity index (χ2n) is 1.71. The predicted molar refractivity (Wildman–Crippen MR) is 30.1 cm³/mol. The van der Waals surface area contributed by atoms with Crippen LogP contribution in [-0.2, 0) is 4.79 Å². The summed E-state index contributed by atoms with van der Waals surface area (Å²) in [4.78, 5) is 15.8. The molecule has 0 amide bonds. The monoisotopic (exact) mass is 144 g/mol. The molecule has 1 aromatic heterocycles. The molecular formula is C5H5FN2O2. The molecule has 0 aliphatic carbocycles. The van der Waals surface area contributed by atoms with Crippen LogP contribution in [-0.4, -0.2) is 21.0 Å². The molecule has 1 unspecified atom stereocenters. The van der Waals surface area contributed by atoms with Crippen LogP contribution in [0.3, 0.4) is 0 Å². The maximum atomic E-state index is 12.4. The molecule has 10 heavy (non-hydrogen) atoms. The van der Waals surface area contributed by atoms with Crippen molar-refractivity contribution < 1.29 is 14.3 Å². The molecule has 1 atom stereocenters. The second kappa shape index (κ2) is 2.47. The van der Waals surface area contributed by atoms with Gasteiger partial charge in [-0.25, -0.2) is 14.2 Å². The van der Waals surface area contributed by atoms with Gasteiger partial charge in [0.15, 0.2) is 0 Å². The number of rotatable bonds is 2. The molecular weight excluding hydrogens is 139 g/mol. The van der Waals surface area contributed by atoms with E-state index >= 15 is 0 Å². The van der Waals surface area contributed by atoms with Crippen molar-refractivity contribution in [2.24, 2.45) is 0 Å². The fourth-order valence-electron chi connectivity index (χ4n) is 0.538. The van der Waals surface area contributed by atoms with E-state index in [1.807, 2.05) is 0 Å². The maximum Gasteiger partial charge on any atom is 0.344 e. The quantitative estimate of drug-likeness (QED) is 0.635. The number of imidazole rings is 1. The summed E-state index contributed by atoms with van der Waals surface area (Å²) < 4.78 is 12.4. The van der Waals surface area contributed by atoms with Crippen molar-refractivity contribution in [1.82, 2.24) is 9.97 Å². The number of carboxylic acid groups (broad SMARTS) is 1. The molecule has 54 valence electrons. The fourth-order valence-corrected chi connectivity index (χ4v) is 0.538. The molecule has 0 fully saturated rings. The first-order chi connectivity index (χ1) is 4.72. The van der Waals surface area contributed by atoms with Gasteiger partial charge in [0.2, 0.25) is 6.17 Å². The van der Waals surface area contributed by atoms with E-state index in [2.05, 4.69) is 9.97 Å². The second-order valence-corrected chi connectivity index (χ2v) is 1.71. The van der Waals surface area contributed by atoms with Crippen LogP contribution in [0.15, 0.2) is 12.5 Å². The number of aromatic nitrogens is 2. The third-order valence-electron chi connectivity index (χ3n) is 1.01. The van der Waals surface area contributed by atoms with Crippen LogP contribution in [0.1, 0.15) is 11.9 Å². The van der Waals surface area contributed by atoms with E-state index in [0.717, 1.165) is 6.20 Å². The lowest BCUT2D eigenvalue weighted by Gasteiger charge is -1.95. The van der Waals surface area contributed by atoms with E-state index in [1.165, 1.54) is 6.33 Å². The van der Waals surface area contributed by atoms with Crippen molar-refractivity contribution in [1.29, 1.82) is 0 Å². The number of H-pyrrole nitrogens is 1. The summed E-state index contributed by atoms with van der Waals surface area (Å²) in [5.41, 5.74) is -0.0347. The van der Waals surface area contributed by atoms with Gasteiger partial charge in [-0.3, -0.25) is 0 Å². The maximum absolute atomic E-state index is 12.4. The zero-order valence-corrected chi connectivity index (χ0v) is 4.91. The lowest BCUT2D eigenvalue weighted by atomic mass is 10.3. The van der Waals surface area contributed by atoms with Crippen LogP contribution in [0.5, 0.6) is 0 Å². The highest BCUT2D eigenvalue weighted by atomic mass is 19.1. The highest BCUT2D eigenvalue weighted by Crippen LogP contribution is 2.12. The van der Waals surface area contributed by atoms with E-state index in [4.69, 9.17) is 5.11 Å². The summed E-state index contributed by atoms with van der Waals surface area (Å²) >= 11 is 0. The molecule has 4 nitrogen and oxygen atoms in total. The van der Waals surface area contributed by atoms with Gasteiger partial charge < -0.3 is 10.1 Å². The number of carbonyl (C=O) groups is 1. The lowest BCUT2D eigenvalue weighted by molar-refractivity contribution is -0.143. The number of halogens is 1. The number of nitrogens with zero attached hydrogens (tertiary/aromatic N) is 1. The SMILES string of the molecule is O=C(O)C(F)c1cnc[nH]1. The summed E-state index contributed by atoms with van der Waals surface area (Å²) in [5, 5.41) is 8.13. The number of aliphatic carboxylic acids is 1. The van der Waals surface area contributed by atoms with Crippen LogP contribution in [0, 0.1) is 0 Å². The van der Waals surface area contributed by atoms with Crippen LogP contribution in [0.4, 0.5) is 4.39 Å². The van der Waals surface area contributed by atoms with Gasteiger partial charge in [-0.2, -0.15) is 0 Å². The molecule has 0 radical (unpaired) electrons. The highest BCUT2D eigenvalue weighted by molar-refractivity contribution is 5.73. The first-order valence-corrected chi connectivity index (χ1v) is 2.57. The van der Waals surface area contributed by atoms with Crippen molar-refractivity contribution >= 4 is 5.97 Å². The van der Waals surface area contributed by atoms with Gasteiger partial charge in [0.25, 0.3) is 0 Å². The van der Waals surface area contributed by atoms with E-state index in [0.29, 0.717) is 0 Å². The lowest BCUT2D eigenvalue weighted by Crippen LogP contribution is -2.05. The molecule has 1 heterocycles. The molecule has 0 aromatic carbocycles. The number of hydrogen-bond donors (Lipinski definition) is 2. The summed E-state index contributed by atoms with van der Waals surface area (Å²) in [6.45, 7) is 0. The van der Waals surface area contributed by atoms with Crippen LogP contribution >= 0.6 is 0 Å². The number of alkyl halides is 1. The standard InChI is InChI=1S/C5H5FN2O2/c6-4(5(9)10)3-1-7-2-8-3/h1-2,4H,(H,7,8)(H,9,10). The van der Waals surface area contributed by atoms with Crippen LogP contribution < -0.4 is 0 Å². The van der Waals surface area contributed by atoms with Crippen molar-refractivity contribution in [2.75, 3.05) is 0 Å². The Kier molecular flexibility index (Phi) is 1.66. The van der Waals surface area contributed by atoms with Crippen molar-refractivity contribution in [3.63, 3.8) is 0 Å². The molecule has 0 aliphatic heterocycles. The molecule has 0 spiro atoms. The van der Waals surface area contributed by atoms with Crippen molar-refractivity contribution in [2.45, 2.75) is 6.17 Å². The third-order valence-corrected chi connectivity index (χ3v) is 1.01. The third kappa shape index (κ3) is 1.12. The Balaban J connectivity index is 2.77. The Morgan fingerprint density at radius 1 is 1.90 bits per heavy atom. The largest absolute Gasteiger partial charge is 0.479 e. The number of aromatic amines is 1. The average Bonchev–Trinajstić information content (AvgIpc) is 2.36. The zero-order valence-electron chi connectivity index (χ0n) is 4.91. The molecule has 0 aliphatic rings. The van der Waals surface area contributed by atoms with Gasteiger partial charge in [0.1, 0.15) is 0 Å². The Bertz CT molecular complexity index is 222. The number of hydrogen-bond acceptors (Lipinski definition) is 2. The minimum absolute atomic E-state index is 0.0347. The molecule has 0 bridgehead atoms. The Hall–Kier alpha value is -1.39. The first kappa shape index (κ1) is 6.73. The van der Waals surface area contributed by atoms with E-state index in [1.54, 1.807) is 0 Å². The normalized spacial score (nSPS) is 12.9. The zero-order chi connectivity index (χ0) is 7.56. The van der Waals surface area contributed by atoms with Crippen molar-refractivity contribution in [3.05, 3.63) is 18.2 Å². The Morgan fingerprint density at radius 2 is 2.60 bits per heavy atom. The topological polar surface area (TPSA) is 66.0 Å². The summed E-state index contributed by atoms with van der Waals surface area (Å²) in [6.07, 6.45) is 0.367. The summed E-state index contributed by atoms with van der Waals surface area (Å²) in [6, 6.07) is 0. The van der Waals surface area contributed by atoms with Gasteiger partial charge in [0.05, 0.1) is 18.2 Å². The smallest absolute Gasteiger partial charge is 0.344 e. The first-order valence-electron chi connectivity index (χ1n) is 2.57. The van der Waals surface area contributed by atoms with Gasteiger partial charge in [-0.05, 0) is 0 Å². The van der Waals surface area contributed by atoms with Gasteiger partial charge in [0, 0.05) is 0 Å². The molecule has 2 N–H and O–H groups in total. The number of carboxylic acids is 1. The number of nitrogens with one attached hydrogen (secondary N) is 1. The van der Waals surface area contributed by atoms with Gasteiger partial charge >= 0.3 is 5.97 Å². The molecule has 0 saturated heterocycles. The fraction of sp³-hybridized carbons (Fsp3) is 0.200. The van der Waals surface area contributed by atoms with Crippen molar-refractivity contribution in [3.8, 4) is 0 Å². The molecule has 1 rings (SSSR count). The Labute approximate surface area is 55.7 Å². The van der Waals surface area contributed by atoms with Crippen LogP contribution in [0.2, 0.25) is 0 Å². The minimum Gasteiger partial charge on any atom is -0.479 e. The summed E-state index contributed by atoms with van der Waals surface area (Å²) in [7, 11) is 0. The highest BCUT2D eigenvalue weighted by Gasteiger charge is 2.18. The summed E-state index contributed by atoms with van der Waals surface area (Å²) in [5.74, 6) is -1.51. The molecule has 5 heteroatoms. The van der Waals surface area contributed by atoms with E-state index in [-0.39, 0.29) is 5.69 Å². The molecule has 0 saturated carbocycles.